The molecule has 21 fully saturated rings. The van der Waals surface area contributed by atoms with E-state index >= 15 is 0 Å². The van der Waals surface area contributed by atoms with Gasteiger partial charge in [0, 0.05) is 18.7 Å². The highest BCUT2D eigenvalue weighted by atomic mass is 16.8. The Labute approximate surface area is 500 Å². The molecule has 21 aliphatic rings. The number of nitro benzene ring substituents is 1. The Kier molecular flexibility index (Phi) is 23.1. The molecule has 508 valence electrons. The fourth-order valence-corrected chi connectivity index (χ4v) is 11.5. The van der Waals surface area contributed by atoms with Crippen LogP contribution in [0.5, 0.6) is 5.75 Å². The summed E-state index contributed by atoms with van der Waals surface area (Å²) in [6.07, 6.45) is -73.5. The molecule has 22 rings (SSSR count). The number of hydrogen-bond acceptors (Lipinski definition) is 38. The number of amides is 1. The third-order valence-electron chi connectivity index (χ3n) is 16.5. The van der Waals surface area contributed by atoms with E-state index < -0.39 is 289 Å². The summed E-state index contributed by atoms with van der Waals surface area (Å²) in [7, 11) is 0. The number of ether oxygens (including phenoxy) is 14. The fourth-order valence-electron chi connectivity index (χ4n) is 11.5. The average Bonchev–Trinajstić information content (AvgIpc) is 1.15. The maximum atomic E-state index is 13.5. The molecule has 40 nitrogen and oxygen atoms in total. The van der Waals surface area contributed by atoms with Gasteiger partial charge in [0.15, 0.2) is 44.0 Å². The molecule has 1 aromatic rings. The highest BCUT2D eigenvalue weighted by Crippen LogP contribution is 2.39. The molecule has 21 heterocycles. The number of phenolic OH excluding ortho intramolecular Hbond substituents is 1. The van der Waals surface area contributed by atoms with E-state index in [2.05, 4.69) is 5.32 Å². The molecule has 14 bridgehead atoms. The first kappa shape index (κ1) is 69.9. The standard InChI is InChI=1S/C49H74N2O38/c52-5-15-36-23(61)30(68)45(78-15)86-38-17(7-54)80-47(32(70)25(38)63)88-40-19(9-56)82-49(34(72)27(40)65)89-41-20(10-57)81-48(33(71)26(41)64)87-39-18(8-55)79-46(31(69)24(39)62)85-37-16(6-53)77-44(29(67)22(37)60)83-35-14(76-43(84-36)28(66)21(35)59)4-50-42(73)12-3-11(51(74)75)1-2-13(12)58/h1-3,14-41,43-49,52-72H,4-10H2,(H,50,73)/t14-,15-,16-,17-,18-,19-,20-,21-,22-,23-,24-,25-,26-,27-,28-,29-,30+,31-,32+,33-,34-,35-,36-,37-,38-,39-,40-,41-,43-,44-,45-,46-,47-,48-,49-/m1/s1. The molecule has 89 heavy (non-hydrogen) atoms. The minimum absolute atomic E-state index is 0.650. The summed E-state index contributed by atoms with van der Waals surface area (Å²) in [6.45, 7) is -7.55. The van der Waals surface area contributed by atoms with Crippen molar-refractivity contribution < 1.29 is 183 Å². The number of carbonyl (C=O) groups is 1. The largest absolute Gasteiger partial charge is 0.507 e. The van der Waals surface area contributed by atoms with Crippen molar-refractivity contribution in [2.24, 2.45) is 0 Å². The van der Waals surface area contributed by atoms with Gasteiger partial charge in [-0.3, -0.25) is 14.9 Å². The first-order chi connectivity index (χ1) is 42.3. The number of nitro groups is 1. The molecular formula is C49H74N2O38. The number of nitrogens with zero attached hydrogens (tertiary/aromatic N) is 1. The molecule has 0 saturated carbocycles. The maximum Gasteiger partial charge on any atom is 0.270 e. The smallest absolute Gasteiger partial charge is 0.270 e. The van der Waals surface area contributed by atoms with E-state index in [1.54, 1.807) is 0 Å². The Balaban J connectivity index is 1.03. The van der Waals surface area contributed by atoms with Gasteiger partial charge in [-0.05, 0) is 6.07 Å². The van der Waals surface area contributed by atoms with E-state index in [1.807, 2.05) is 0 Å². The molecule has 0 aliphatic carbocycles. The summed E-state index contributed by atoms with van der Waals surface area (Å²) < 4.78 is 80.5. The van der Waals surface area contributed by atoms with Crippen molar-refractivity contribution in [2.45, 2.75) is 215 Å². The number of phenols is 1. The van der Waals surface area contributed by atoms with E-state index in [0.717, 1.165) is 12.1 Å². The second kappa shape index (κ2) is 29.4. The zero-order chi connectivity index (χ0) is 64.8. The van der Waals surface area contributed by atoms with Crippen molar-refractivity contribution in [3.63, 3.8) is 0 Å². The number of hydrogen-bond donors (Lipinski definition) is 22. The summed E-state index contributed by atoms with van der Waals surface area (Å²) in [6, 6.07) is 2.39. The lowest BCUT2D eigenvalue weighted by molar-refractivity contribution is -0.396. The minimum Gasteiger partial charge on any atom is -0.507 e. The average molecular weight is 1300 g/mol. The highest BCUT2D eigenvalue weighted by Gasteiger charge is 2.60. The van der Waals surface area contributed by atoms with Crippen molar-refractivity contribution in [3.8, 4) is 5.75 Å². The van der Waals surface area contributed by atoms with Gasteiger partial charge in [-0.15, -0.1) is 0 Å². The van der Waals surface area contributed by atoms with Crippen molar-refractivity contribution in [2.75, 3.05) is 46.2 Å². The summed E-state index contributed by atoms with van der Waals surface area (Å²) in [4.78, 5) is 24.2. The van der Waals surface area contributed by atoms with Crippen molar-refractivity contribution in [1.82, 2.24) is 5.32 Å². The zero-order valence-corrected chi connectivity index (χ0v) is 46.2. The molecule has 1 amide bonds. The first-order valence-corrected chi connectivity index (χ1v) is 27.9. The minimum atomic E-state index is -2.37. The lowest BCUT2D eigenvalue weighted by atomic mass is 9.95. The second-order valence-corrected chi connectivity index (χ2v) is 22.1. The Hall–Kier alpha value is -3.47. The number of carbonyl (C=O) groups excluding carboxylic acids is 1. The Bertz CT molecular complexity index is 2460. The third kappa shape index (κ3) is 14.0. The molecule has 21 aliphatic heterocycles. The van der Waals surface area contributed by atoms with Crippen molar-refractivity contribution >= 4 is 11.6 Å². The van der Waals surface area contributed by atoms with E-state index in [4.69, 9.17) is 66.3 Å². The van der Waals surface area contributed by atoms with Crippen LogP contribution in [0, 0.1) is 10.1 Å². The lowest BCUT2D eigenvalue weighted by Crippen LogP contribution is -2.68. The summed E-state index contributed by atoms with van der Waals surface area (Å²) in [5, 5.41) is 248. The number of aliphatic hydroxyl groups is 20. The Morgan fingerprint density at radius 1 is 0.360 bits per heavy atom. The Morgan fingerprint density at radius 2 is 0.573 bits per heavy atom. The van der Waals surface area contributed by atoms with Gasteiger partial charge in [0.05, 0.1) is 50.1 Å². The monoisotopic (exact) mass is 1300 g/mol. The molecule has 22 N–H and O–H groups in total. The van der Waals surface area contributed by atoms with E-state index in [1.165, 1.54) is 0 Å². The number of aromatic hydroxyl groups is 1. The van der Waals surface area contributed by atoms with Crippen LogP contribution in [0.15, 0.2) is 18.2 Å². The fraction of sp³-hybridized carbons (Fsp3) is 0.857. The van der Waals surface area contributed by atoms with Crippen LogP contribution in [-0.2, 0) is 66.3 Å². The molecule has 40 heteroatoms. The molecule has 0 unspecified atom stereocenters. The van der Waals surface area contributed by atoms with Crippen LogP contribution in [0.2, 0.25) is 0 Å². The summed E-state index contributed by atoms with van der Waals surface area (Å²) in [5.41, 5.74) is -1.33. The van der Waals surface area contributed by atoms with Gasteiger partial charge in [-0.1, -0.05) is 0 Å². The molecular weight excluding hydrogens is 1220 g/mol. The molecule has 1 aromatic carbocycles. The van der Waals surface area contributed by atoms with E-state index in [0.29, 0.717) is 6.07 Å². The van der Waals surface area contributed by atoms with Crippen LogP contribution < -0.4 is 5.32 Å². The normalized spacial score (nSPS) is 49.3. The van der Waals surface area contributed by atoms with Gasteiger partial charge in [0.2, 0.25) is 0 Å². The topological polar surface area (TPSA) is 626 Å². The van der Waals surface area contributed by atoms with Crippen LogP contribution >= 0.6 is 0 Å². The van der Waals surface area contributed by atoms with Gasteiger partial charge >= 0.3 is 0 Å². The summed E-state index contributed by atoms with van der Waals surface area (Å²) >= 11 is 0. The number of benzene rings is 1. The maximum absolute atomic E-state index is 13.5. The second-order valence-electron chi connectivity index (χ2n) is 22.1. The predicted molar refractivity (Wildman–Crippen MR) is 268 cm³/mol. The SMILES string of the molecule is O=C(NC[C@H]1O[C@@H]2O[C@H]3[C@H](O)[C@H](O)[C@@H](O[C@H]4[C@H](O)[C@H](O)[C@@H](O[C@H]5[C@H](O)[C@@H](O)[C@@H](O[C@H]6[C@H](O)[C@@H](O)[C@@H](O[C@H]7[C@H](O)[C@@H](O)[C@@H](O[C@H]8[C@H](O)[C@@H](O)[C@@H](O[C@H]1[C@H](O)[C@H]2O)O[C@@H]8CO)O[C@@H]7CO)O[C@@H]6CO)O[C@@H]5CO)O[C@@H]4CO)O[C@@H]3CO)c1cc([N+](=O)[O-])ccc1O. The predicted octanol–water partition coefficient (Wildman–Crippen LogP) is -14.2. The van der Waals surface area contributed by atoms with Gasteiger partial charge in [0.1, 0.15) is 177 Å². The number of aliphatic hydroxyl groups excluding tert-OH is 20. The van der Waals surface area contributed by atoms with Crippen LogP contribution in [-0.4, -0.2) is 379 Å². The number of non-ortho nitro benzene ring substituents is 1. The zero-order valence-electron chi connectivity index (χ0n) is 46.2. The van der Waals surface area contributed by atoms with Crippen molar-refractivity contribution in [1.29, 1.82) is 0 Å². The molecule has 21 saturated heterocycles. The quantitative estimate of drug-likeness (QED) is 0.0764. The first-order valence-electron chi connectivity index (χ1n) is 27.9. The van der Waals surface area contributed by atoms with E-state index in [-0.39, 0.29) is 0 Å². The van der Waals surface area contributed by atoms with Gasteiger partial charge in [-0.25, -0.2) is 0 Å². The van der Waals surface area contributed by atoms with Gasteiger partial charge in [0.25, 0.3) is 11.6 Å². The third-order valence-corrected chi connectivity index (χ3v) is 16.5. The van der Waals surface area contributed by atoms with Crippen molar-refractivity contribution in [3.05, 3.63) is 33.9 Å². The van der Waals surface area contributed by atoms with Crippen LogP contribution in [0.4, 0.5) is 5.69 Å². The highest BCUT2D eigenvalue weighted by molar-refractivity contribution is 5.97. The van der Waals surface area contributed by atoms with Gasteiger partial charge < -0.3 is 179 Å². The van der Waals surface area contributed by atoms with E-state index in [9.17, 15) is 122 Å². The summed E-state index contributed by atoms with van der Waals surface area (Å²) in [5.74, 6) is -2.00. The molecule has 0 radical (unpaired) electrons. The molecule has 0 aromatic heterocycles. The number of rotatable bonds is 10. The van der Waals surface area contributed by atoms with Gasteiger partial charge in [-0.2, -0.15) is 0 Å². The van der Waals surface area contributed by atoms with Crippen LogP contribution in [0.3, 0.4) is 0 Å². The Morgan fingerprint density at radius 3 is 0.787 bits per heavy atom. The number of nitrogens with one attached hydrogen (secondary N) is 1. The molecule has 0 spiro atoms. The molecule has 35 atom stereocenters. The lowest BCUT2D eigenvalue weighted by Gasteiger charge is -2.50. The van der Waals surface area contributed by atoms with Crippen LogP contribution in [0.25, 0.3) is 0 Å². The van der Waals surface area contributed by atoms with Crippen LogP contribution in [0.1, 0.15) is 10.4 Å².